The van der Waals surface area contributed by atoms with E-state index in [0.717, 1.165) is 16.5 Å². The molecular formula is C32H33N7O4. The molecule has 43 heavy (non-hydrogen) atoms. The van der Waals surface area contributed by atoms with Gasteiger partial charge in [-0.1, -0.05) is 24.3 Å². The minimum atomic E-state index is -0.917. The first-order chi connectivity index (χ1) is 20.8. The number of ether oxygens (including phenoxy) is 1. The number of carbonyl (C=O) groups is 3. The maximum absolute atomic E-state index is 14.1. The number of nitrogens with zero attached hydrogens (tertiary/aromatic N) is 4. The van der Waals surface area contributed by atoms with E-state index in [0.29, 0.717) is 34.8 Å². The van der Waals surface area contributed by atoms with Crippen LogP contribution in [0.15, 0.2) is 66.9 Å². The Balaban J connectivity index is 1.53. The summed E-state index contributed by atoms with van der Waals surface area (Å²) in [6, 6.07) is 18.7. The third-order valence-corrected chi connectivity index (χ3v) is 7.57. The molecule has 4 aromatic rings. The predicted octanol–water partition coefficient (Wildman–Crippen LogP) is 3.05. The Morgan fingerprint density at radius 1 is 1.12 bits per heavy atom. The van der Waals surface area contributed by atoms with Gasteiger partial charge in [-0.2, -0.15) is 10.4 Å². The van der Waals surface area contributed by atoms with Crippen LogP contribution in [0, 0.1) is 11.3 Å². The summed E-state index contributed by atoms with van der Waals surface area (Å²) in [5, 5.41) is 23.8. The number of nitrogens with one attached hydrogen (secondary N) is 3. The molecule has 3 unspecified atom stereocenters. The number of nitriles is 1. The van der Waals surface area contributed by atoms with Gasteiger partial charge in [0.1, 0.15) is 24.0 Å². The largest absolute Gasteiger partial charge is 0.486 e. The highest BCUT2D eigenvalue weighted by Gasteiger charge is 2.38. The first kappa shape index (κ1) is 29.3. The molecule has 11 nitrogen and oxygen atoms in total. The molecule has 220 valence electrons. The molecule has 3 aromatic carbocycles. The quantitative estimate of drug-likeness (QED) is 0.291. The number of aromatic nitrogens is 2. The molecule has 0 aliphatic carbocycles. The van der Waals surface area contributed by atoms with E-state index in [4.69, 9.17) is 4.74 Å². The molecule has 0 bridgehead atoms. The Labute approximate surface area is 249 Å². The lowest BCUT2D eigenvalue weighted by Crippen LogP contribution is -2.56. The van der Waals surface area contributed by atoms with Crippen LogP contribution in [0.2, 0.25) is 0 Å². The zero-order valence-corrected chi connectivity index (χ0v) is 24.4. The van der Waals surface area contributed by atoms with Gasteiger partial charge in [-0.15, -0.1) is 0 Å². The van der Waals surface area contributed by atoms with Crippen molar-refractivity contribution in [3.8, 4) is 17.5 Å². The summed E-state index contributed by atoms with van der Waals surface area (Å²) in [6.07, 6.45) is 1.09. The molecule has 3 atom stereocenters. The lowest BCUT2D eigenvalue weighted by Gasteiger charge is -2.27. The monoisotopic (exact) mass is 579 g/mol. The van der Waals surface area contributed by atoms with Gasteiger partial charge < -0.3 is 25.6 Å². The molecule has 1 aliphatic rings. The van der Waals surface area contributed by atoms with Crippen molar-refractivity contribution in [3.05, 3.63) is 83.6 Å². The fourth-order valence-electron chi connectivity index (χ4n) is 5.11. The average molecular weight is 580 g/mol. The van der Waals surface area contributed by atoms with Crippen LogP contribution >= 0.6 is 0 Å². The third kappa shape index (κ3) is 5.65. The molecule has 0 spiro atoms. The van der Waals surface area contributed by atoms with Crippen molar-refractivity contribution < 1.29 is 19.1 Å². The lowest BCUT2D eigenvalue weighted by molar-refractivity contribution is -0.130. The summed E-state index contributed by atoms with van der Waals surface area (Å²) in [5.74, 6) is -0.326. The molecular weight excluding hydrogens is 546 g/mol. The van der Waals surface area contributed by atoms with E-state index >= 15 is 0 Å². The minimum Gasteiger partial charge on any atom is -0.486 e. The number of likely N-dealkylation sites (N-methyl/N-ethyl adjacent to an activating group) is 1. The molecule has 5 rings (SSSR count). The first-order valence-electron chi connectivity index (χ1n) is 14.1. The van der Waals surface area contributed by atoms with E-state index in [1.165, 1.54) is 0 Å². The topological polar surface area (TPSA) is 141 Å². The highest BCUT2D eigenvalue weighted by molar-refractivity contribution is 6.02. The maximum Gasteiger partial charge on any atom is 0.253 e. The smallest absolute Gasteiger partial charge is 0.253 e. The van der Waals surface area contributed by atoms with Gasteiger partial charge >= 0.3 is 0 Å². The van der Waals surface area contributed by atoms with E-state index in [1.807, 2.05) is 43.3 Å². The number of carbonyl (C=O) groups excluding carboxylic acids is 3. The molecule has 11 heteroatoms. The van der Waals surface area contributed by atoms with E-state index in [9.17, 15) is 19.6 Å². The number of benzene rings is 3. The minimum absolute atomic E-state index is 0.185. The summed E-state index contributed by atoms with van der Waals surface area (Å²) >= 11 is 0. The molecule has 0 fully saturated rings. The standard InChI is InChI=1S/C32H33N7O4/c1-5-35-31(41)21-13-14-25(23(15-21)16-33)39-26-11-8-9-22(24(26)17-36-39)18-38-27-10-6-7-12-28(27)43-20(3)29(32(38)42)37-30(40)19(2)34-4/h6-15,17,19-20,29,34H,5,18H2,1-4H3,(H,35,41)(H,37,40). The number of hydrogen-bond donors (Lipinski definition) is 3. The third-order valence-electron chi connectivity index (χ3n) is 7.57. The van der Waals surface area contributed by atoms with Crippen molar-refractivity contribution in [2.75, 3.05) is 18.5 Å². The Hall–Kier alpha value is -5.21. The van der Waals surface area contributed by atoms with Crippen LogP contribution in [0.4, 0.5) is 5.69 Å². The van der Waals surface area contributed by atoms with Crippen LogP contribution in [-0.4, -0.2) is 59.3 Å². The van der Waals surface area contributed by atoms with Crippen molar-refractivity contribution in [2.45, 2.75) is 45.5 Å². The Morgan fingerprint density at radius 3 is 2.65 bits per heavy atom. The molecule has 2 heterocycles. The van der Waals surface area contributed by atoms with Crippen LogP contribution in [0.5, 0.6) is 5.75 Å². The van der Waals surface area contributed by atoms with Gasteiger partial charge in [-0.05, 0) is 69.8 Å². The number of anilines is 1. The molecule has 3 amide bonds. The van der Waals surface area contributed by atoms with Crippen LogP contribution < -0.4 is 25.6 Å². The predicted molar refractivity (Wildman–Crippen MR) is 162 cm³/mol. The zero-order valence-electron chi connectivity index (χ0n) is 24.4. The fraction of sp³-hybridized carbons (Fsp3) is 0.281. The molecule has 0 saturated carbocycles. The highest BCUT2D eigenvalue weighted by atomic mass is 16.5. The maximum atomic E-state index is 14.1. The van der Waals surface area contributed by atoms with E-state index in [2.05, 4.69) is 27.1 Å². The number of para-hydroxylation sites is 2. The molecule has 3 N–H and O–H groups in total. The summed E-state index contributed by atoms with van der Waals surface area (Å²) in [7, 11) is 1.68. The Bertz CT molecular complexity index is 1740. The molecule has 1 aromatic heterocycles. The van der Waals surface area contributed by atoms with Crippen molar-refractivity contribution in [3.63, 3.8) is 0 Å². The van der Waals surface area contributed by atoms with Gasteiger partial charge in [0.05, 0.1) is 41.2 Å². The van der Waals surface area contributed by atoms with Crippen LogP contribution in [0.25, 0.3) is 16.6 Å². The van der Waals surface area contributed by atoms with Gasteiger partial charge in [0.15, 0.2) is 0 Å². The van der Waals surface area contributed by atoms with Gasteiger partial charge in [0, 0.05) is 17.5 Å². The number of rotatable bonds is 8. The Kier molecular flexibility index (Phi) is 8.41. The van der Waals surface area contributed by atoms with Crippen LogP contribution in [-0.2, 0) is 16.1 Å². The SMILES string of the molecule is CCNC(=O)c1ccc(-n2ncc3c(CN4C(=O)C(NC(=O)C(C)NC)C(C)Oc5ccccc54)cccc32)c(C#N)c1. The molecule has 1 aliphatic heterocycles. The van der Waals surface area contributed by atoms with E-state index in [-0.39, 0.29) is 24.3 Å². The second kappa shape index (κ2) is 12.3. The van der Waals surface area contributed by atoms with Crippen molar-refractivity contribution in [2.24, 2.45) is 0 Å². The van der Waals surface area contributed by atoms with Crippen LogP contribution in [0.1, 0.15) is 42.3 Å². The summed E-state index contributed by atoms with van der Waals surface area (Å²) in [5.41, 5.74) is 3.36. The second-order valence-electron chi connectivity index (χ2n) is 10.3. The van der Waals surface area contributed by atoms with Crippen molar-refractivity contribution in [1.29, 1.82) is 5.26 Å². The van der Waals surface area contributed by atoms with Gasteiger partial charge in [-0.3, -0.25) is 14.4 Å². The van der Waals surface area contributed by atoms with Gasteiger partial charge in [0.2, 0.25) is 5.91 Å². The summed E-state index contributed by atoms with van der Waals surface area (Å²) in [6.45, 7) is 5.98. The molecule has 0 radical (unpaired) electrons. The van der Waals surface area contributed by atoms with E-state index in [1.54, 1.807) is 60.9 Å². The lowest BCUT2D eigenvalue weighted by atomic mass is 10.1. The molecule has 0 saturated heterocycles. The number of fused-ring (bicyclic) bond motifs is 2. The second-order valence-corrected chi connectivity index (χ2v) is 10.3. The average Bonchev–Trinajstić information content (AvgIpc) is 3.43. The van der Waals surface area contributed by atoms with Crippen molar-refractivity contribution in [1.82, 2.24) is 25.7 Å². The summed E-state index contributed by atoms with van der Waals surface area (Å²) in [4.78, 5) is 40.8. The summed E-state index contributed by atoms with van der Waals surface area (Å²) < 4.78 is 7.82. The van der Waals surface area contributed by atoms with Gasteiger partial charge in [0.25, 0.3) is 11.8 Å². The highest BCUT2D eigenvalue weighted by Crippen LogP contribution is 2.35. The zero-order chi connectivity index (χ0) is 30.7. The van der Waals surface area contributed by atoms with Crippen LogP contribution in [0.3, 0.4) is 0 Å². The van der Waals surface area contributed by atoms with Crippen molar-refractivity contribution >= 4 is 34.3 Å². The van der Waals surface area contributed by atoms with E-state index < -0.39 is 18.2 Å². The number of amides is 3. The Morgan fingerprint density at radius 2 is 1.91 bits per heavy atom. The number of hydrogen-bond acceptors (Lipinski definition) is 7. The first-order valence-corrected chi connectivity index (χ1v) is 14.1. The fourth-order valence-corrected chi connectivity index (χ4v) is 5.11. The normalized spacial score (nSPS) is 16.9. The van der Waals surface area contributed by atoms with Gasteiger partial charge in [-0.25, -0.2) is 4.68 Å².